The van der Waals surface area contributed by atoms with Gasteiger partial charge in [-0.2, -0.15) is 0 Å². The van der Waals surface area contributed by atoms with Gasteiger partial charge in [0.15, 0.2) is 0 Å². The van der Waals surface area contributed by atoms with Crippen LogP contribution >= 0.6 is 0 Å². The Bertz CT molecular complexity index is 270. The first kappa shape index (κ1) is 12.9. The van der Waals surface area contributed by atoms with Gasteiger partial charge < -0.3 is 14.8 Å². The fraction of sp³-hybridized carbons (Fsp3) is 1.00. The first-order valence-corrected chi connectivity index (χ1v) is 7.70. The van der Waals surface area contributed by atoms with Gasteiger partial charge in [0.05, 0.1) is 5.60 Å². The maximum Gasteiger partial charge on any atom is 0.0729 e. The van der Waals surface area contributed by atoms with Crippen LogP contribution in [0.25, 0.3) is 0 Å². The van der Waals surface area contributed by atoms with Gasteiger partial charge in [-0.05, 0) is 62.9 Å². The van der Waals surface area contributed by atoms with E-state index in [1.807, 2.05) is 0 Å². The van der Waals surface area contributed by atoms with E-state index in [0.29, 0.717) is 0 Å². The van der Waals surface area contributed by atoms with Crippen molar-refractivity contribution in [3.8, 4) is 0 Å². The third kappa shape index (κ3) is 2.73. The third-order valence-corrected chi connectivity index (χ3v) is 5.21. The van der Waals surface area contributed by atoms with Crippen molar-refractivity contribution >= 4 is 0 Å². The van der Waals surface area contributed by atoms with Crippen LogP contribution < -0.4 is 5.32 Å². The Balaban J connectivity index is 1.62. The first-order valence-electron chi connectivity index (χ1n) is 7.70. The van der Waals surface area contributed by atoms with Crippen LogP contribution in [0.15, 0.2) is 0 Å². The maximum absolute atomic E-state index is 6.15. The average Bonchev–Trinajstić information content (AvgIpc) is 2.40. The van der Waals surface area contributed by atoms with E-state index in [-0.39, 0.29) is 5.60 Å². The molecule has 0 saturated carbocycles. The van der Waals surface area contributed by atoms with Crippen LogP contribution in [0.1, 0.15) is 39.0 Å². The third-order valence-electron chi connectivity index (χ3n) is 5.21. The minimum Gasteiger partial charge on any atom is -0.381 e. The van der Waals surface area contributed by atoms with Crippen LogP contribution in [0.4, 0.5) is 0 Å². The summed E-state index contributed by atoms with van der Waals surface area (Å²) in [6.07, 6.45) is 6.17. The van der Waals surface area contributed by atoms with Crippen molar-refractivity contribution in [2.24, 2.45) is 17.8 Å². The molecule has 0 aromatic rings. The van der Waals surface area contributed by atoms with Crippen molar-refractivity contribution in [1.29, 1.82) is 0 Å². The van der Waals surface area contributed by atoms with Crippen LogP contribution in [0, 0.1) is 17.8 Å². The molecule has 3 aliphatic heterocycles. The second-order valence-corrected chi connectivity index (χ2v) is 6.66. The lowest BCUT2D eigenvalue weighted by Gasteiger charge is -2.46. The molecule has 0 aliphatic carbocycles. The minimum atomic E-state index is 0.169. The van der Waals surface area contributed by atoms with Gasteiger partial charge >= 0.3 is 0 Å². The monoisotopic (exact) mass is 253 g/mol. The van der Waals surface area contributed by atoms with E-state index in [1.165, 1.54) is 32.4 Å². The van der Waals surface area contributed by atoms with E-state index < -0.39 is 0 Å². The molecule has 0 amide bonds. The molecule has 3 fully saturated rings. The fourth-order valence-electron chi connectivity index (χ4n) is 4.12. The lowest BCUT2D eigenvalue weighted by atomic mass is 9.72. The van der Waals surface area contributed by atoms with Gasteiger partial charge in [-0.3, -0.25) is 0 Å². The van der Waals surface area contributed by atoms with Gasteiger partial charge in [-0.25, -0.2) is 0 Å². The van der Waals surface area contributed by atoms with Gasteiger partial charge in [0.1, 0.15) is 0 Å². The Labute approximate surface area is 111 Å². The molecule has 3 saturated heterocycles. The molecule has 18 heavy (non-hydrogen) atoms. The number of rotatable bonds is 1. The molecule has 0 aromatic heterocycles. The summed E-state index contributed by atoms with van der Waals surface area (Å²) in [5, 5.41) is 3.61. The van der Waals surface area contributed by atoms with Crippen LogP contribution in [0.2, 0.25) is 0 Å². The molecule has 0 bridgehead atoms. The smallest absolute Gasteiger partial charge is 0.0729 e. The summed E-state index contributed by atoms with van der Waals surface area (Å²) >= 11 is 0. The fourth-order valence-corrected chi connectivity index (χ4v) is 4.12. The van der Waals surface area contributed by atoms with Crippen molar-refractivity contribution in [1.82, 2.24) is 5.32 Å². The summed E-state index contributed by atoms with van der Waals surface area (Å²) < 4.78 is 11.7. The second kappa shape index (κ2) is 5.48. The summed E-state index contributed by atoms with van der Waals surface area (Å²) in [7, 11) is 0. The molecule has 0 radical (unpaired) electrons. The summed E-state index contributed by atoms with van der Waals surface area (Å²) in [4.78, 5) is 0. The molecule has 3 heterocycles. The molecule has 1 spiro atoms. The van der Waals surface area contributed by atoms with Crippen molar-refractivity contribution in [3.63, 3.8) is 0 Å². The van der Waals surface area contributed by atoms with Crippen molar-refractivity contribution in [2.75, 3.05) is 32.9 Å². The SMILES string of the molecule is CC1CNCC(C2CCOC3(CCOCC3)C2)C1. The summed E-state index contributed by atoms with van der Waals surface area (Å²) in [5.74, 6) is 2.58. The predicted molar refractivity (Wildman–Crippen MR) is 71.6 cm³/mol. The molecule has 3 atom stereocenters. The van der Waals surface area contributed by atoms with Crippen LogP contribution in [0.5, 0.6) is 0 Å². The highest BCUT2D eigenvalue weighted by atomic mass is 16.5. The normalized spacial score (nSPS) is 40.8. The van der Waals surface area contributed by atoms with Gasteiger partial charge in [-0.15, -0.1) is 0 Å². The van der Waals surface area contributed by atoms with E-state index >= 15 is 0 Å². The highest BCUT2D eigenvalue weighted by Crippen LogP contribution is 2.41. The Kier molecular flexibility index (Phi) is 3.92. The molecular weight excluding hydrogens is 226 g/mol. The average molecular weight is 253 g/mol. The van der Waals surface area contributed by atoms with Gasteiger partial charge in [0.2, 0.25) is 0 Å². The lowest BCUT2D eigenvalue weighted by molar-refractivity contribution is -0.153. The molecule has 3 unspecified atom stereocenters. The maximum atomic E-state index is 6.15. The van der Waals surface area contributed by atoms with E-state index in [1.54, 1.807) is 0 Å². The molecule has 0 aromatic carbocycles. The number of hydrogen-bond donors (Lipinski definition) is 1. The van der Waals surface area contributed by atoms with Crippen LogP contribution in [0.3, 0.4) is 0 Å². The first-order chi connectivity index (χ1) is 8.77. The van der Waals surface area contributed by atoms with Crippen molar-refractivity contribution in [2.45, 2.75) is 44.6 Å². The Morgan fingerprint density at radius 3 is 2.67 bits per heavy atom. The second-order valence-electron chi connectivity index (χ2n) is 6.66. The van der Waals surface area contributed by atoms with E-state index in [4.69, 9.17) is 9.47 Å². The zero-order valence-corrected chi connectivity index (χ0v) is 11.6. The molecular formula is C15H27NO2. The zero-order chi connectivity index (χ0) is 12.4. The molecule has 3 nitrogen and oxygen atoms in total. The zero-order valence-electron chi connectivity index (χ0n) is 11.6. The Morgan fingerprint density at radius 2 is 1.89 bits per heavy atom. The number of ether oxygens (including phenoxy) is 2. The number of piperidine rings is 1. The van der Waals surface area contributed by atoms with Crippen LogP contribution in [-0.4, -0.2) is 38.5 Å². The van der Waals surface area contributed by atoms with Gasteiger partial charge in [-0.1, -0.05) is 6.92 Å². The summed E-state index contributed by atoms with van der Waals surface area (Å²) in [6, 6.07) is 0. The van der Waals surface area contributed by atoms with Crippen LogP contribution in [-0.2, 0) is 9.47 Å². The van der Waals surface area contributed by atoms with Crippen molar-refractivity contribution < 1.29 is 9.47 Å². The standard InChI is InChI=1S/C15H27NO2/c1-12-8-14(11-16-10-12)13-2-5-18-15(9-13)3-6-17-7-4-15/h12-14,16H,2-11H2,1H3. The van der Waals surface area contributed by atoms with Gasteiger partial charge in [0, 0.05) is 19.8 Å². The Hall–Kier alpha value is -0.120. The molecule has 3 aliphatic rings. The van der Waals surface area contributed by atoms with E-state index in [9.17, 15) is 0 Å². The predicted octanol–water partition coefficient (Wildman–Crippen LogP) is 2.21. The Morgan fingerprint density at radius 1 is 1.06 bits per heavy atom. The number of hydrogen-bond acceptors (Lipinski definition) is 3. The topological polar surface area (TPSA) is 30.5 Å². The number of nitrogens with one attached hydrogen (secondary N) is 1. The lowest BCUT2D eigenvalue weighted by Crippen LogP contribution is -2.48. The highest BCUT2D eigenvalue weighted by molar-refractivity contribution is 4.92. The quantitative estimate of drug-likeness (QED) is 0.777. The molecule has 3 heteroatoms. The van der Waals surface area contributed by atoms with Gasteiger partial charge in [0.25, 0.3) is 0 Å². The summed E-state index contributed by atoms with van der Waals surface area (Å²) in [5.41, 5.74) is 0.169. The summed E-state index contributed by atoms with van der Waals surface area (Å²) in [6.45, 7) is 7.57. The molecule has 3 rings (SSSR count). The highest BCUT2D eigenvalue weighted by Gasteiger charge is 2.41. The molecule has 104 valence electrons. The largest absolute Gasteiger partial charge is 0.381 e. The van der Waals surface area contributed by atoms with E-state index in [0.717, 1.165) is 50.4 Å². The minimum absolute atomic E-state index is 0.169. The van der Waals surface area contributed by atoms with Crippen molar-refractivity contribution in [3.05, 3.63) is 0 Å². The molecule has 1 N–H and O–H groups in total. The van der Waals surface area contributed by atoms with E-state index in [2.05, 4.69) is 12.2 Å².